The lowest BCUT2D eigenvalue weighted by atomic mass is 9.92. The first-order chi connectivity index (χ1) is 10.0. The molecule has 22 heavy (non-hydrogen) atoms. The van der Waals surface area contributed by atoms with Gasteiger partial charge >= 0.3 is 6.18 Å². The van der Waals surface area contributed by atoms with Gasteiger partial charge in [-0.2, -0.15) is 13.2 Å². The molecule has 0 saturated heterocycles. The molecule has 3 rings (SSSR count). The van der Waals surface area contributed by atoms with Crippen LogP contribution in [0.25, 0.3) is 0 Å². The third-order valence-electron chi connectivity index (χ3n) is 4.21. The van der Waals surface area contributed by atoms with E-state index >= 15 is 0 Å². The van der Waals surface area contributed by atoms with Gasteiger partial charge in [-0.25, -0.2) is 0 Å². The van der Waals surface area contributed by atoms with E-state index < -0.39 is 11.7 Å². The lowest BCUT2D eigenvalue weighted by Gasteiger charge is -2.14. The van der Waals surface area contributed by atoms with Crippen LogP contribution in [0.15, 0.2) is 48.5 Å². The number of fused-ring (bicyclic) bond motifs is 1. The fourth-order valence-electron chi connectivity index (χ4n) is 3.13. The average molecular weight is 328 g/mol. The number of alkyl halides is 3. The van der Waals surface area contributed by atoms with Crippen molar-refractivity contribution in [2.24, 2.45) is 0 Å². The van der Waals surface area contributed by atoms with Crippen LogP contribution in [0, 0.1) is 0 Å². The first kappa shape index (κ1) is 16.8. The Labute approximate surface area is 134 Å². The smallest absolute Gasteiger partial charge is 0.313 e. The molecule has 1 aliphatic rings. The summed E-state index contributed by atoms with van der Waals surface area (Å²) in [5, 5.41) is 3.28. The van der Waals surface area contributed by atoms with Crippen LogP contribution in [-0.2, 0) is 6.18 Å². The molecule has 0 spiro atoms. The second-order valence-corrected chi connectivity index (χ2v) is 5.38. The van der Waals surface area contributed by atoms with Gasteiger partial charge in [0.15, 0.2) is 0 Å². The van der Waals surface area contributed by atoms with Gasteiger partial charge in [0.05, 0.1) is 5.56 Å². The molecule has 118 valence electrons. The maximum absolute atomic E-state index is 12.6. The van der Waals surface area contributed by atoms with Crippen molar-refractivity contribution in [3.05, 3.63) is 70.8 Å². The zero-order valence-electron chi connectivity index (χ0n) is 12.0. The van der Waals surface area contributed by atoms with Crippen LogP contribution in [0.4, 0.5) is 13.2 Å². The van der Waals surface area contributed by atoms with Gasteiger partial charge in [0.2, 0.25) is 0 Å². The molecular formula is C17H17ClF3N. The Morgan fingerprint density at radius 2 is 1.55 bits per heavy atom. The molecule has 2 unspecified atom stereocenters. The normalized spacial score (nSPS) is 20.4. The summed E-state index contributed by atoms with van der Waals surface area (Å²) in [5.74, 6) is 0.154. The van der Waals surface area contributed by atoms with Crippen LogP contribution in [0.5, 0.6) is 0 Å². The van der Waals surface area contributed by atoms with Crippen molar-refractivity contribution < 1.29 is 13.2 Å². The Kier molecular flexibility index (Phi) is 4.83. The molecule has 0 heterocycles. The number of nitrogens with one attached hydrogen (secondary N) is 1. The first-order valence-electron chi connectivity index (χ1n) is 6.94. The van der Waals surface area contributed by atoms with Crippen molar-refractivity contribution in [3.8, 4) is 0 Å². The summed E-state index contributed by atoms with van der Waals surface area (Å²) in [4.78, 5) is 0. The molecule has 2 aromatic rings. The predicted molar refractivity (Wildman–Crippen MR) is 83.4 cm³/mol. The molecule has 0 bridgehead atoms. The Balaban J connectivity index is 0.00000176. The van der Waals surface area contributed by atoms with Gasteiger partial charge in [-0.15, -0.1) is 12.4 Å². The monoisotopic (exact) mass is 327 g/mol. The highest BCUT2D eigenvalue weighted by atomic mass is 35.5. The zero-order valence-corrected chi connectivity index (χ0v) is 12.8. The first-order valence-corrected chi connectivity index (χ1v) is 6.94. The van der Waals surface area contributed by atoms with E-state index in [-0.39, 0.29) is 24.4 Å². The van der Waals surface area contributed by atoms with Crippen molar-refractivity contribution in [3.63, 3.8) is 0 Å². The van der Waals surface area contributed by atoms with E-state index in [0.717, 1.165) is 12.0 Å². The predicted octanol–water partition coefficient (Wildman–Crippen LogP) is 4.92. The summed E-state index contributed by atoms with van der Waals surface area (Å²) in [7, 11) is 1.91. The SMILES string of the molecule is CNC1CC(c2ccc(C(F)(F)F)cc2)c2ccccc21.Cl. The summed E-state index contributed by atoms with van der Waals surface area (Å²) >= 11 is 0. The molecule has 0 fully saturated rings. The number of hydrogen-bond acceptors (Lipinski definition) is 1. The van der Waals surface area contributed by atoms with Gasteiger partial charge < -0.3 is 5.32 Å². The van der Waals surface area contributed by atoms with E-state index in [1.54, 1.807) is 12.1 Å². The molecule has 0 aromatic heterocycles. The second kappa shape index (κ2) is 6.31. The Morgan fingerprint density at radius 1 is 0.955 bits per heavy atom. The lowest BCUT2D eigenvalue weighted by Crippen LogP contribution is -2.13. The van der Waals surface area contributed by atoms with Crippen molar-refractivity contribution in [2.45, 2.75) is 24.6 Å². The van der Waals surface area contributed by atoms with E-state index in [1.807, 2.05) is 19.2 Å². The second-order valence-electron chi connectivity index (χ2n) is 5.38. The minimum Gasteiger partial charge on any atom is -0.313 e. The van der Waals surface area contributed by atoms with Gasteiger partial charge in [-0.05, 0) is 42.3 Å². The third kappa shape index (κ3) is 2.99. The number of halogens is 4. The molecule has 0 saturated carbocycles. The van der Waals surface area contributed by atoms with E-state index in [2.05, 4.69) is 17.4 Å². The summed E-state index contributed by atoms with van der Waals surface area (Å²) < 4.78 is 37.9. The van der Waals surface area contributed by atoms with Crippen LogP contribution in [0.3, 0.4) is 0 Å². The van der Waals surface area contributed by atoms with Gasteiger partial charge in [0, 0.05) is 12.0 Å². The average Bonchev–Trinajstić information content (AvgIpc) is 2.85. The van der Waals surface area contributed by atoms with Crippen LogP contribution in [0.2, 0.25) is 0 Å². The molecule has 1 N–H and O–H groups in total. The maximum Gasteiger partial charge on any atom is 0.416 e. The topological polar surface area (TPSA) is 12.0 Å². The molecule has 0 radical (unpaired) electrons. The quantitative estimate of drug-likeness (QED) is 0.825. The van der Waals surface area contributed by atoms with Crippen LogP contribution < -0.4 is 5.32 Å². The van der Waals surface area contributed by atoms with E-state index in [0.29, 0.717) is 0 Å². The van der Waals surface area contributed by atoms with Crippen LogP contribution >= 0.6 is 12.4 Å². The number of benzene rings is 2. The van der Waals surface area contributed by atoms with Crippen molar-refractivity contribution >= 4 is 12.4 Å². The highest BCUT2D eigenvalue weighted by Gasteiger charge is 2.33. The minimum absolute atomic E-state index is 0. The Morgan fingerprint density at radius 3 is 2.09 bits per heavy atom. The molecule has 1 nitrogen and oxygen atoms in total. The van der Waals surface area contributed by atoms with Crippen molar-refractivity contribution in [1.82, 2.24) is 5.32 Å². The van der Waals surface area contributed by atoms with Crippen LogP contribution in [0.1, 0.15) is 40.6 Å². The molecule has 0 amide bonds. The molecular weight excluding hydrogens is 311 g/mol. The van der Waals surface area contributed by atoms with Crippen molar-refractivity contribution in [1.29, 1.82) is 0 Å². The zero-order chi connectivity index (χ0) is 15.0. The third-order valence-corrected chi connectivity index (χ3v) is 4.21. The van der Waals surface area contributed by atoms with Crippen LogP contribution in [-0.4, -0.2) is 7.05 Å². The fraction of sp³-hybridized carbons (Fsp3) is 0.294. The standard InChI is InChI=1S/C17H16F3N.ClH/c1-21-16-10-15(13-4-2-3-5-14(13)16)11-6-8-12(9-7-11)17(18,19)20;/h2-9,15-16,21H,10H2,1H3;1H. The highest BCUT2D eigenvalue weighted by molar-refractivity contribution is 5.85. The molecule has 0 aliphatic heterocycles. The van der Waals surface area contributed by atoms with Gasteiger partial charge in [0.25, 0.3) is 0 Å². The molecule has 2 aromatic carbocycles. The Hall–Kier alpha value is -1.52. The summed E-state index contributed by atoms with van der Waals surface area (Å²) in [6.45, 7) is 0. The maximum atomic E-state index is 12.6. The number of hydrogen-bond donors (Lipinski definition) is 1. The van der Waals surface area contributed by atoms with Gasteiger partial charge in [-0.1, -0.05) is 36.4 Å². The highest BCUT2D eigenvalue weighted by Crippen LogP contribution is 2.44. The lowest BCUT2D eigenvalue weighted by molar-refractivity contribution is -0.137. The summed E-state index contributed by atoms with van der Waals surface area (Å²) in [6, 6.07) is 13.9. The van der Waals surface area contributed by atoms with Crippen molar-refractivity contribution in [2.75, 3.05) is 7.05 Å². The molecule has 1 aliphatic carbocycles. The van der Waals surface area contributed by atoms with Gasteiger partial charge in [-0.3, -0.25) is 0 Å². The molecule has 5 heteroatoms. The summed E-state index contributed by atoms with van der Waals surface area (Å²) in [6.07, 6.45) is -3.40. The van der Waals surface area contributed by atoms with E-state index in [9.17, 15) is 13.2 Å². The van der Waals surface area contributed by atoms with E-state index in [1.165, 1.54) is 23.3 Å². The van der Waals surface area contributed by atoms with Gasteiger partial charge in [0.1, 0.15) is 0 Å². The Bertz CT molecular complexity index is 637. The summed E-state index contributed by atoms with van der Waals surface area (Å²) in [5.41, 5.74) is 2.79. The fourth-order valence-corrected chi connectivity index (χ4v) is 3.13. The molecule has 2 atom stereocenters. The van der Waals surface area contributed by atoms with E-state index in [4.69, 9.17) is 0 Å². The largest absolute Gasteiger partial charge is 0.416 e. The number of rotatable bonds is 2. The minimum atomic E-state index is -4.28.